The summed E-state index contributed by atoms with van der Waals surface area (Å²) in [5.41, 5.74) is 1.80. The van der Waals surface area contributed by atoms with Gasteiger partial charge < -0.3 is 24.3 Å². The van der Waals surface area contributed by atoms with Gasteiger partial charge in [-0.1, -0.05) is 26.8 Å². The normalized spacial score (nSPS) is 15.9. The van der Waals surface area contributed by atoms with E-state index >= 15 is 0 Å². The third-order valence-corrected chi connectivity index (χ3v) is 8.69. The molecule has 9 nitrogen and oxygen atoms in total. The largest absolute Gasteiger partial charge is 0.497 e. The number of amides is 1. The summed E-state index contributed by atoms with van der Waals surface area (Å²) in [5, 5.41) is 2.95. The van der Waals surface area contributed by atoms with E-state index in [-0.39, 0.29) is 16.9 Å². The van der Waals surface area contributed by atoms with Crippen molar-refractivity contribution in [2.24, 2.45) is 0 Å². The van der Waals surface area contributed by atoms with Crippen molar-refractivity contribution in [2.45, 2.75) is 50.2 Å². The first kappa shape index (κ1) is 29.1. The number of hydrogen-bond acceptors (Lipinski definition) is 7. The zero-order chi connectivity index (χ0) is 29.2. The SMILES string of the molecule is COc1ccc(S(=O)(=O)N2C[C@@H](C(=O)N[C@@H](C)c3cc(OC)ccc3OC)Oc3ccc(C(C)(C)C)cc32)cc1. The Hall–Kier alpha value is -3.92. The highest BCUT2D eigenvalue weighted by atomic mass is 32.2. The Balaban J connectivity index is 1.70. The molecule has 0 aromatic heterocycles. The summed E-state index contributed by atoms with van der Waals surface area (Å²) in [6.45, 7) is 7.75. The van der Waals surface area contributed by atoms with Crippen molar-refractivity contribution >= 4 is 21.6 Å². The first-order valence-corrected chi connectivity index (χ1v) is 14.3. The smallest absolute Gasteiger partial charge is 0.264 e. The molecular weight excluding hydrogens is 532 g/mol. The molecule has 0 bridgehead atoms. The Bertz CT molecular complexity index is 1480. The van der Waals surface area contributed by atoms with Crippen LogP contribution in [0.2, 0.25) is 0 Å². The molecule has 4 rings (SSSR count). The molecule has 0 fully saturated rings. The molecule has 0 spiro atoms. The van der Waals surface area contributed by atoms with Crippen LogP contribution in [0.1, 0.15) is 44.9 Å². The van der Waals surface area contributed by atoms with E-state index in [1.807, 2.05) is 39.8 Å². The second-order valence-electron chi connectivity index (χ2n) is 10.6. The van der Waals surface area contributed by atoms with Crippen molar-refractivity contribution in [3.63, 3.8) is 0 Å². The van der Waals surface area contributed by atoms with Crippen molar-refractivity contribution in [3.8, 4) is 23.0 Å². The minimum atomic E-state index is -4.05. The van der Waals surface area contributed by atoms with E-state index in [4.69, 9.17) is 18.9 Å². The zero-order valence-corrected chi connectivity index (χ0v) is 24.7. The Kier molecular flexibility index (Phi) is 8.20. The molecule has 0 saturated heterocycles. The van der Waals surface area contributed by atoms with E-state index in [0.29, 0.717) is 34.2 Å². The number of benzene rings is 3. The van der Waals surface area contributed by atoms with Gasteiger partial charge in [-0.2, -0.15) is 0 Å². The zero-order valence-electron chi connectivity index (χ0n) is 23.8. The topological polar surface area (TPSA) is 103 Å². The molecule has 0 radical (unpaired) electrons. The lowest BCUT2D eigenvalue weighted by atomic mass is 9.86. The predicted octanol–water partition coefficient (Wildman–Crippen LogP) is 4.84. The fraction of sp³-hybridized carbons (Fsp3) is 0.367. The molecular formula is C30H36N2O7S. The monoisotopic (exact) mass is 568 g/mol. The molecule has 0 saturated carbocycles. The second-order valence-corrected chi connectivity index (χ2v) is 12.5. The number of carbonyl (C=O) groups excluding carboxylic acids is 1. The van der Waals surface area contributed by atoms with E-state index in [1.54, 1.807) is 50.6 Å². The van der Waals surface area contributed by atoms with Crippen LogP contribution in [0.5, 0.6) is 23.0 Å². The molecule has 1 amide bonds. The van der Waals surface area contributed by atoms with Crippen LogP contribution in [-0.4, -0.2) is 48.3 Å². The molecule has 40 heavy (non-hydrogen) atoms. The highest BCUT2D eigenvalue weighted by Crippen LogP contribution is 2.40. The summed E-state index contributed by atoms with van der Waals surface area (Å²) >= 11 is 0. The van der Waals surface area contributed by atoms with Crippen LogP contribution < -0.4 is 28.6 Å². The highest BCUT2D eigenvalue weighted by molar-refractivity contribution is 7.92. The van der Waals surface area contributed by atoms with E-state index in [1.165, 1.54) is 23.5 Å². The number of fused-ring (bicyclic) bond motifs is 1. The Morgan fingerprint density at radius 3 is 2.20 bits per heavy atom. The fourth-order valence-electron chi connectivity index (χ4n) is 4.52. The summed E-state index contributed by atoms with van der Waals surface area (Å²) in [5.74, 6) is 1.59. The molecule has 1 heterocycles. The van der Waals surface area contributed by atoms with Crippen LogP contribution in [0.15, 0.2) is 65.6 Å². The van der Waals surface area contributed by atoms with E-state index in [9.17, 15) is 13.2 Å². The molecule has 0 aliphatic carbocycles. The summed E-state index contributed by atoms with van der Waals surface area (Å²) in [7, 11) is 0.578. The van der Waals surface area contributed by atoms with Crippen LogP contribution in [0.4, 0.5) is 5.69 Å². The quantitative estimate of drug-likeness (QED) is 0.415. The predicted molar refractivity (Wildman–Crippen MR) is 153 cm³/mol. The van der Waals surface area contributed by atoms with Crippen molar-refractivity contribution in [2.75, 3.05) is 32.2 Å². The van der Waals surface area contributed by atoms with E-state index in [0.717, 1.165) is 5.56 Å². The number of nitrogens with zero attached hydrogens (tertiary/aromatic N) is 1. The first-order valence-electron chi connectivity index (χ1n) is 12.9. The van der Waals surface area contributed by atoms with Crippen molar-refractivity contribution in [3.05, 3.63) is 71.8 Å². The van der Waals surface area contributed by atoms with E-state index < -0.39 is 28.1 Å². The second kappa shape index (κ2) is 11.3. The summed E-state index contributed by atoms with van der Waals surface area (Å²) in [6.07, 6.45) is -1.10. The minimum Gasteiger partial charge on any atom is -0.497 e. The van der Waals surface area contributed by atoms with Crippen LogP contribution in [-0.2, 0) is 20.2 Å². The van der Waals surface area contributed by atoms with Crippen LogP contribution in [0.3, 0.4) is 0 Å². The number of methoxy groups -OCH3 is 3. The van der Waals surface area contributed by atoms with Gasteiger partial charge in [0.05, 0.1) is 44.5 Å². The molecule has 1 aliphatic heterocycles. The van der Waals surface area contributed by atoms with Gasteiger partial charge in [0.25, 0.3) is 15.9 Å². The van der Waals surface area contributed by atoms with Crippen molar-refractivity contribution < 1.29 is 32.2 Å². The number of hydrogen-bond donors (Lipinski definition) is 1. The average Bonchev–Trinajstić information content (AvgIpc) is 2.95. The molecule has 1 N–H and O–H groups in total. The number of ether oxygens (including phenoxy) is 4. The molecule has 0 unspecified atom stereocenters. The third kappa shape index (κ3) is 5.82. The van der Waals surface area contributed by atoms with E-state index in [2.05, 4.69) is 5.32 Å². The maximum Gasteiger partial charge on any atom is 0.264 e. The van der Waals surface area contributed by atoms with Crippen molar-refractivity contribution in [1.29, 1.82) is 0 Å². The van der Waals surface area contributed by atoms with Gasteiger partial charge in [-0.05, 0) is 72.5 Å². The molecule has 10 heteroatoms. The lowest BCUT2D eigenvalue weighted by Gasteiger charge is -2.36. The number of rotatable bonds is 8. The number of sulfonamides is 1. The van der Waals surface area contributed by atoms with Crippen LogP contribution >= 0.6 is 0 Å². The molecule has 1 aliphatic rings. The Labute approximate surface area is 236 Å². The number of nitrogens with one attached hydrogen (secondary N) is 1. The fourth-order valence-corrected chi connectivity index (χ4v) is 5.99. The average molecular weight is 569 g/mol. The number of carbonyl (C=O) groups is 1. The van der Waals surface area contributed by atoms with Gasteiger partial charge in [0.2, 0.25) is 0 Å². The van der Waals surface area contributed by atoms with Gasteiger partial charge in [-0.15, -0.1) is 0 Å². The van der Waals surface area contributed by atoms with Gasteiger partial charge in [0.15, 0.2) is 6.10 Å². The Morgan fingerprint density at radius 1 is 0.950 bits per heavy atom. The third-order valence-electron chi connectivity index (χ3n) is 6.90. The number of anilines is 1. The molecule has 2 atom stereocenters. The molecule has 3 aromatic rings. The van der Waals surface area contributed by atoms with Crippen LogP contribution in [0.25, 0.3) is 0 Å². The summed E-state index contributed by atoms with van der Waals surface area (Å²) in [4.78, 5) is 13.6. The van der Waals surface area contributed by atoms with Crippen LogP contribution in [0, 0.1) is 0 Å². The van der Waals surface area contributed by atoms with Gasteiger partial charge in [-0.25, -0.2) is 8.42 Å². The van der Waals surface area contributed by atoms with Crippen molar-refractivity contribution in [1.82, 2.24) is 5.32 Å². The van der Waals surface area contributed by atoms with Gasteiger partial charge >= 0.3 is 0 Å². The lowest BCUT2D eigenvalue weighted by molar-refractivity contribution is -0.128. The standard InChI is InChI=1S/C30H36N2O7S/c1-19(24-17-22(37-6)11-15-26(24)38-7)31-29(33)28-18-32(40(34,35)23-12-9-21(36-5)10-13-23)25-16-20(30(2,3)4)8-14-27(25)39-28/h8-17,19,28H,18H2,1-7H3,(H,31,33)/t19-,28-/m0/s1. The molecule has 214 valence electrons. The van der Waals surface area contributed by atoms with Gasteiger partial charge in [0, 0.05) is 5.56 Å². The van der Waals surface area contributed by atoms with Gasteiger partial charge in [0.1, 0.15) is 23.0 Å². The summed E-state index contributed by atoms with van der Waals surface area (Å²) in [6, 6.07) is 16.4. The lowest BCUT2D eigenvalue weighted by Crippen LogP contribution is -2.51. The highest BCUT2D eigenvalue weighted by Gasteiger charge is 2.39. The molecule has 3 aromatic carbocycles. The summed E-state index contributed by atoms with van der Waals surface area (Å²) < 4.78 is 51.2. The Morgan fingerprint density at radius 2 is 1.60 bits per heavy atom. The van der Waals surface area contributed by atoms with Gasteiger partial charge in [-0.3, -0.25) is 9.10 Å². The maximum absolute atomic E-state index is 13.9. The maximum atomic E-state index is 13.9. The first-order chi connectivity index (χ1) is 18.9. The minimum absolute atomic E-state index is 0.0796.